The van der Waals surface area contributed by atoms with Gasteiger partial charge in [0.1, 0.15) is 5.75 Å². The van der Waals surface area contributed by atoms with E-state index in [4.69, 9.17) is 4.74 Å². The Bertz CT molecular complexity index is 530. The molecule has 0 aliphatic rings. The Morgan fingerprint density at radius 2 is 2.00 bits per heavy atom. The minimum absolute atomic E-state index is 0.0265. The monoisotopic (exact) mass is 334 g/mol. The first-order valence-corrected chi connectivity index (χ1v) is 8.50. The summed E-state index contributed by atoms with van der Waals surface area (Å²) in [7, 11) is 1.68. The zero-order chi connectivity index (χ0) is 17.8. The maximum absolute atomic E-state index is 11.6. The highest BCUT2D eigenvalue weighted by molar-refractivity contribution is 5.80. The van der Waals surface area contributed by atoms with Gasteiger partial charge >= 0.3 is 0 Å². The van der Waals surface area contributed by atoms with Crippen LogP contribution in [-0.4, -0.2) is 44.7 Å². The van der Waals surface area contributed by atoms with Gasteiger partial charge in [-0.25, -0.2) is 0 Å². The highest BCUT2D eigenvalue weighted by Gasteiger charge is 2.04. The van der Waals surface area contributed by atoms with E-state index in [0.717, 1.165) is 36.8 Å². The van der Waals surface area contributed by atoms with Crippen molar-refractivity contribution >= 4 is 11.9 Å². The van der Waals surface area contributed by atoms with Gasteiger partial charge in [-0.15, -0.1) is 0 Å². The maximum atomic E-state index is 11.6. The molecule has 0 heterocycles. The number of ether oxygens (including phenoxy) is 1. The first-order valence-electron chi connectivity index (χ1n) is 8.50. The number of hydrogen-bond donors (Lipinski definition) is 3. The molecule has 134 valence electrons. The summed E-state index contributed by atoms with van der Waals surface area (Å²) < 4.78 is 5.36. The highest BCUT2D eigenvalue weighted by atomic mass is 16.5. The Labute approximate surface area is 145 Å². The van der Waals surface area contributed by atoms with Gasteiger partial charge in [-0.1, -0.05) is 18.2 Å². The fourth-order valence-corrected chi connectivity index (χ4v) is 2.23. The number of methoxy groups -OCH3 is 1. The summed E-state index contributed by atoms with van der Waals surface area (Å²) >= 11 is 0. The van der Waals surface area contributed by atoms with E-state index in [1.807, 2.05) is 39.0 Å². The van der Waals surface area contributed by atoms with E-state index < -0.39 is 0 Å². The fourth-order valence-electron chi connectivity index (χ4n) is 2.23. The Hall–Kier alpha value is -2.24. The number of para-hydroxylation sites is 1. The number of guanidine groups is 1. The number of aliphatic imine (C=N–C) groups is 1. The summed E-state index contributed by atoms with van der Waals surface area (Å²) in [6.45, 7) is 7.89. The lowest BCUT2D eigenvalue weighted by atomic mass is 10.1. The lowest BCUT2D eigenvalue weighted by Gasteiger charge is -2.13. The van der Waals surface area contributed by atoms with Crippen molar-refractivity contribution in [2.45, 2.75) is 39.7 Å². The maximum Gasteiger partial charge on any atom is 0.222 e. The van der Waals surface area contributed by atoms with Crippen LogP contribution < -0.4 is 20.7 Å². The summed E-state index contributed by atoms with van der Waals surface area (Å²) in [4.78, 5) is 16.1. The van der Waals surface area contributed by atoms with Crippen molar-refractivity contribution in [1.82, 2.24) is 16.0 Å². The van der Waals surface area contributed by atoms with Gasteiger partial charge in [0.25, 0.3) is 0 Å². The summed E-state index contributed by atoms with van der Waals surface area (Å²) in [6.07, 6.45) is 1.23. The smallest absolute Gasteiger partial charge is 0.222 e. The summed E-state index contributed by atoms with van der Waals surface area (Å²) in [5.41, 5.74) is 1.15. The van der Waals surface area contributed by atoms with Gasteiger partial charge in [0, 0.05) is 25.6 Å². The van der Waals surface area contributed by atoms with Gasteiger partial charge in [-0.2, -0.15) is 0 Å². The minimum atomic E-state index is 0.0265. The molecule has 0 bridgehead atoms. The molecule has 3 N–H and O–H groups in total. The predicted octanol–water partition coefficient (Wildman–Crippen LogP) is 1.71. The van der Waals surface area contributed by atoms with Crippen molar-refractivity contribution in [1.29, 1.82) is 0 Å². The molecule has 0 atom stereocenters. The van der Waals surface area contributed by atoms with E-state index in [2.05, 4.69) is 27.0 Å². The minimum Gasteiger partial charge on any atom is -0.496 e. The molecule has 0 spiro atoms. The second-order valence-electron chi connectivity index (χ2n) is 5.72. The van der Waals surface area contributed by atoms with Gasteiger partial charge in [0.05, 0.1) is 13.7 Å². The van der Waals surface area contributed by atoms with Gasteiger partial charge in [-0.05, 0) is 38.8 Å². The average Bonchev–Trinajstić information content (AvgIpc) is 2.54. The van der Waals surface area contributed by atoms with Gasteiger partial charge in [0.2, 0.25) is 5.91 Å². The zero-order valence-electron chi connectivity index (χ0n) is 15.2. The average molecular weight is 334 g/mol. The van der Waals surface area contributed by atoms with Gasteiger partial charge in [-0.3, -0.25) is 9.79 Å². The highest BCUT2D eigenvalue weighted by Crippen LogP contribution is 2.17. The van der Waals surface area contributed by atoms with E-state index in [1.54, 1.807) is 7.11 Å². The number of nitrogens with one attached hydrogen (secondary N) is 3. The van der Waals surface area contributed by atoms with Crippen molar-refractivity contribution < 1.29 is 9.53 Å². The number of carbonyl (C=O) groups excluding carboxylic acids is 1. The van der Waals surface area contributed by atoms with E-state index in [0.29, 0.717) is 13.0 Å². The second-order valence-corrected chi connectivity index (χ2v) is 5.72. The number of carbonyl (C=O) groups is 1. The number of amides is 1. The third kappa shape index (κ3) is 7.85. The molecule has 6 heteroatoms. The first kappa shape index (κ1) is 19.8. The number of nitrogens with zero attached hydrogens (tertiary/aromatic N) is 1. The van der Waals surface area contributed by atoms with Crippen LogP contribution in [0.25, 0.3) is 0 Å². The van der Waals surface area contributed by atoms with Crippen molar-refractivity contribution in [2.24, 2.45) is 4.99 Å². The molecular formula is C18H30N4O2. The van der Waals surface area contributed by atoms with Crippen LogP contribution in [0.15, 0.2) is 29.3 Å². The standard InChI is InChI=1S/C18H30N4O2/c1-5-19-18(21-13-11-17(23)22-14(2)3)20-12-10-15-8-6-7-9-16(15)24-4/h6-9,14H,5,10-13H2,1-4H3,(H,22,23)(H2,19,20,21). The first-order chi connectivity index (χ1) is 11.6. The second kappa shape index (κ2) is 11.3. The number of rotatable bonds is 9. The molecule has 1 rings (SSSR count). The SMILES string of the molecule is CCNC(=NCCC(=O)NC(C)C)NCCc1ccccc1OC. The van der Waals surface area contributed by atoms with Crippen molar-refractivity contribution in [3.05, 3.63) is 29.8 Å². The lowest BCUT2D eigenvalue weighted by Crippen LogP contribution is -2.38. The molecule has 1 amide bonds. The summed E-state index contributed by atoms with van der Waals surface area (Å²) in [5, 5.41) is 9.34. The predicted molar refractivity (Wildman–Crippen MR) is 98.6 cm³/mol. The van der Waals surface area contributed by atoms with Crippen LogP contribution >= 0.6 is 0 Å². The van der Waals surface area contributed by atoms with E-state index in [1.165, 1.54) is 0 Å². The lowest BCUT2D eigenvalue weighted by molar-refractivity contribution is -0.121. The summed E-state index contributed by atoms with van der Waals surface area (Å²) in [5.74, 6) is 1.65. The van der Waals surface area contributed by atoms with E-state index >= 15 is 0 Å². The summed E-state index contributed by atoms with van der Waals surface area (Å²) in [6, 6.07) is 8.14. The van der Waals surface area contributed by atoms with Crippen LogP contribution in [0, 0.1) is 0 Å². The quantitative estimate of drug-likeness (QED) is 0.475. The third-order valence-electron chi connectivity index (χ3n) is 3.28. The Balaban J connectivity index is 2.44. The molecule has 0 aromatic heterocycles. The molecular weight excluding hydrogens is 304 g/mol. The normalized spacial score (nSPS) is 11.3. The van der Waals surface area contributed by atoms with Crippen LogP contribution in [0.5, 0.6) is 5.75 Å². The topological polar surface area (TPSA) is 74.8 Å². The van der Waals surface area contributed by atoms with Crippen LogP contribution in [0.2, 0.25) is 0 Å². The molecule has 1 aromatic carbocycles. The molecule has 24 heavy (non-hydrogen) atoms. The molecule has 0 aliphatic carbocycles. The van der Waals surface area contributed by atoms with Crippen LogP contribution in [-0.2, 0) is 11.2 Å². The molecule has 0 saturated heterocycles. The van der Waals surface area contributed by atoms with Crippen molar-refractivity contribution in [3.63, 3.8) is 0 Å². The Morgan fingerprint density at radius 1 is 1.25 bits per heavy atom. The Kier molecular flexibility index (Phi) is 9.34. The number of hydrogen-bond acceptors (Lipinski definition) is 3. The zero-order valence-corrected chi connectivity index (χ0v) is 15.2. The van der Waals surface area contributed by atoms with Crippen LogP contribution in [0.3, 0.4) is 0 Å². The molecule has 1 aromatic rings. The molecule has 0 unspecified atom stereocenters. The third-order valence-corrected chi connectivity index (χ3v) is 3.28. The molecule has 0 fully saturated rings. The Morgan fingerprint density at radius 3 is 2.67 bits per heavy atom. The fraction of sp³-hybridized carbons (Fsp3) is 0.556. The molecule has 6 nitrogen and oxygen atoms in total. The van der Waals surface area contributed by atoms with Crippen molar-refractivity contribution in [2.75, 3.05) is 26.7 Å². The van der Waals surface area contributed by atoms with E-state index in [-0.39, 0.29) is 11.9 Å². The van der Waals surface area contributed by atoms with Gasteiger partial charge < -0.3 is 20.7 Å². The molecule has 0 radical (unpaired) electrons. The van der Waals surface area contributed by atoms with Gasteiger partial charge in [0.15, 0.2) is 5.96 Å². The van der Waals surface area contributed by atoms with Crippen LogP contribution in [0.4, 0.5) is 0 Å². The van der Waals surface area contributed by atoms with Crippen LogP contribution in [0.1, 0.15) is 32.8 Å². The largest absolute Gasteiger partial charge is 0.496 e. The van der Waals surface area contributed by atoms with Crippen molar-refractivity contribution in [3.8, 4) is 5.75 Å². The molecule has 0 aliphatic heterocycles. The van der Waals surface area contributed by atoms with E-state index in [9.17, 15) is 4.79 Å². The molecule has 0 saturated carbocycles. The number of benzene rings is 1.